The maximum absolute atomic E-state index is 10.1. The fraction of sp³-hybridized carbons (Fsp3) is 0.167. The van der Waals surface area contributed by atoms with Crippen LogP contribution in [0.2, 0.25) is 0 Å². The second-order valence-corrected chi connectivity index (χ2v) is 1.72. The van der Waals surface area contributed by atoms with E-state index in [0.717, 1.165) is 0 Å². The van der Waals surface area contributed by atoms with Gasteiger partial charge in [0.1, 0.15) is 5.76 Å². The summed E-state index contributed by atoms with van der Waals surface area (Å²) >= 11 is 0. The molecule has 9 heavy (non-hydrogen) atoms. The predicted molar refractivity (Wildman–Crippen MR) is 32.9 cm³/mol. The van der Waals surface area contributed by atoms with E-state index < -0.39 is 0 Å². The molecule has 0 fully saturated rings. The third kappa shape index (κ3) is 1.10. The second-order valence-electron chi connectivity index (χ2n) is 1.72. The van der Waals surface area contributed by atoms with Crippen LogP contribution in [0.25, 0.3) is 0 Å². The van der Waals surface area contributed by atoms with Gasteiger partial charge in [0.2, 0.25) is 0 Å². The van der Waals surface area contributed by atoms with Gasteiger partial charge in [0.25, 0.3) is 0 Å². The van der Waals surface area contributed by atoms with Gasteiger partial charge in [-0.3, -0.25) is 4.79 Å². The van der Waals surface area contributed by atoms with Crippen molar-refractivity contribution in [3.8, 4) is 0 Å². The average Bonchev–Trinajstić information content (AvgIpc) is 1.89. The number of aliphatic hydroxyl groups is 1. The van der Waals surface area contributed by atoms with Gasteiger partial charge in [0.15, 0.2) is 6.29 Å². The van der Waals surface area contributed by atoms with Crippen LogP contribution in [-0.2, 0) is 4.79 Å². The van der Waals surface area contributed by atoms with E-state index in [4.69, 9.17) is 5.11 Å². The zero-order valence-corrected chi connectivity index (χ0v) is 4.79. The third-order valence-electron chi connectivity index (χ3n) is 1.09. The van der Waals surface area contributed by atoms with Crippen molar-refractivity contribution in [2.75, 3.05) is 6.54 Å². The number of aldehydes is 1. The lowest BCUT2D eigenvalue weighted by atomic mass is 10.2. The summed E-state index contributed by atoms with van der Waals surface area (Å²) in [6.07, 6.45) is 3.64. The smallest absolute Gasteiger partial charge is 0.155 e. The lowest BCUT2D eigenvalue weighted by molar-refractivity contribution is -0.104. The molecule has 0 bridgehead atoms. The Bertz CT molecular complexity index is 181. The number of nitrogens with one attached hydrogen (secondary N) is 1. The molecule has 0 unspecified atom stereocenters. The van der Waals surface area contributed by atoms with E-state index in [2.05, 4.69) is 5.32 Å². The number of rotatable bonds is 1. The molecular weight excluding hydrogens is 118 g/mol. The van der Waals surface area contributed by atoms with Gasteiger partial charge in [0, 0.05) is 12.7 Å². The van der Waals surface area contributed by atoms with Crippen molar-refractivity contribution < 1.29 is 9.90 Å². The highest BCUT2D eigenvalue weighted by Gasteiger charge is 2.03. The van der Waals surface area contributed by atoms with E-state index in [0.29, 0.717) is 18.4 Å². The number of hydrogen-bond donors (Lipinski definition) is 2. The summed E-state index contributed by atoms with van der Waals surface area (Å²) in [6.45, 7) is 0.586. The molecule has 48 valence electrons. The van der Waals surface area contributed by atoms with Crippen molar-refractivity contribution >= 4 is 6.29 Å². The van der Waals surface area contributed by atoms with Crippen LogP contribution in [0, 0.1) is 0 Å². The Hall–Kier alpha value is -1.25. The van der Waals surface area contributed by atoms with Gasteiger partial charge in [-0.15, -0.1) is 0 Å². The summed E-state index contributed by atoms with van der Waals surface area (Å²) in [5.41, 5.74) is 0.307. The summed E-state index contributed by atoms with van der Waals surface area (Å²) in [5.74, 6) is 0.0590. The molecule has 1 aliphatic rings. The molecule has 0 saturated heterocycles. The van der Waals surface area contributed by atoms with Crippen molar-refractivity contribution in [3.63, 3.8) is 0 Å². The van der Waals surface area contributed by atoms with Gasteiger partial charge in [-0.25, -0.2) is 0 Å². The summed E-state index contributed by atoms with van der Waals surface area (Å²) in [5, 5.41) is 11.7. The Kier molecular flexibility index (Phi) is 1.53. The van der Waals surface area contributed by atoms with Crippen LogP contribution in [0.1, 0.15) is 0 Å². The number of dihydropyridines is 1. The maximum atomic E-state index is 10.1. The molecule has 0 aromatic heterocycles. The molecular formula is C6H7NO2. The van der Waals surface area contributed by atoms with Crippen molar-refractivity contribution in [1.82, 2.24) is 5.32 Å². The molecule has 0 saturated carbocycles. The van der Waals surface area contributed by atoms with Gasteiger partial charge in [-0.05, 0) is 6.08 Å². The first-order chi connectivity index (χ1) is 4.34. The Balaban J connectivity index is 2.79. The average molecular weight is 125 g/mol. The van der Waals surface area contributed by atoms with Gasteiger partial charge >= 0.3 is 0 Å². The molecule has 0 aromatic carbocycles. The molecule has 1 aliphatic heterocycles. The van der Waals surface area contributed by atoms with Crippen molar-refractivity contribution in [1.29, 1.82) is 0 Å². The van der Waals surface area contributed by atoms with Crippen LogP contribution in [-0.4, -0.2) is 17.9 Å². The zero-order chi connectivity index (χ0) is 6.69. The summed E-state index contributed by atoms with van der Waals surface area (Å²) < 4.78 is 0. The minimum absolute atomic E-state index is 0.0590. The van der Waals surface area contributed by atoms with E-state index in [-0.39, 0.29) is 5.76 Å². The molecule has 0 aliphatic carbocycles. The topological polar surface area (TPSA) is 49.3 Å². The lowest BCUT2D eigenvalue weighted by Gasteiger charge is -2.05. The SMILES string of the molecule is O=CC1=CNCC=C1O. The minimum atomic E-state index is 0.0590. The van der Waals surface area contributed by atoms with Crippen LogP contribution in [0.15, 0.2) is 23.6 Å². The van der Waals surface area contributed by atoms with E-state index in [9.17, 15) is 4.79 Å². The normalized spacial score (nSPS) is 17.3. The summed E-state index contributed by atoms with van der Waals surface area (Å²) in [7, 11) is 0. The number of hydrogen-bond acceptors (Lipinski definition) is 3. The predicted octanol–water partition coefficient (Wildman–Crippen LogP) is 0.114. The Morgan fingerprint density at radius 2 is 2.56 bits per heavy atom. The number of aliphatic hydroxyl groups excluding tert-OH is 1. The molecule has 1 rings (SSSR count). The van der Waals surface area contributed by atoms with Crippen LogP contribution in [0.5, 0.6) is 0 Å². The zero-order valence-electron chi connectivity index (χ0n) is 4.79. The van der Waals surface area contributed by atoms with E-state index in [1.807, 2.05) is 0 Å². The Morgan fingerprint density at radius 1 is 1.78 bits per heavy atom. The molecule has 3 nitrogen and oxygen atoms in total. The van der Waals surface area contributed by atoms with Crippen LogP contribution in [0.3, 0.4) is 0 Å². The third-order valence-corrected chi connectivity index (χ3v) is 1.09. The van der Waals surface area contributed by atoms with E-state index in [1.54, 1.807) is 6.08 Å². The molecule has 1 heterocycles. The molecule has 0 amide bonds. The fourth-order valence-corrected chi connectivity index (χ4v) is 0.611. The second kappa shape index (κ2) is 2.35. The van der Waals surface area contributed by atoms with Gasteiger partial charge in [-0.1, -0.05) is 0 Å². The first-order valence-electron chi connectivity index (χ1n) is 2.63. The highest BCUT2D eigenvalue weighted by atomic mass is 16.3. The van der Waals surface area contributed by atoms with Crippen LogP contribution in [0.4, 0.5) is 0 Å². The highest BCUT2D eigenvalue weighted by molar-refractivity contribution is 5.79. The van der Waals surface area contributed by atoms with Crippen LogP contribution >= 0.6 is 0 Å². The van der Waals surface area contributed by atoms with Crippen molar-refractivity contribution in [2.24, 2.45) is 0 Å². The first kappa shape index (κ1) is 5.88. The van der Waals surface area contributed by atoms with Gasteiger partial charge in [0.05, 0.1) is 5.57 Å². The Labute approximate surface area is 52.7 Å². The molecule has 0 aromatic rings. The van der Waals surface area contributed by atoms with Crippen molar-refractivity contribution in [2.45, 2.75) is 0 Å². The minimum Gasteiger partial charge on any atom is -0.507 e. The number of carbonyl (C=O) groups excluding carboxylic acids is 1. The summed E-state index contributed by atoms with van der Waals surface area (Å²) in [6, 6.07) is 0. The molecule has 0 spiro atoms. The first-order valence-corrected chi connectivity index (χ1v) is 2.63. The Morgan fingerprint density at radius 3 is 3.00 bits per heavy atom. The van der Waals surface area contributed by atoms with Gasteiger partial charge in [-0.2, -0.15) is 0 Å². The van der Waals surface area contributed by atoms with Crippen molar-refractivity contribution in [3.05, 3.63) is 23.6 Å². The largest absolute Gasteiger partial charge is 0.507 e. The molecule has 0 radical (unpaired) electrons. The monoisotopic (exact) mass is 125 g/mol. The standard InChI is InChI=1S/C6H7NO2/c8-4-5-3-7-2-1-6(5)9/h1,3-4,7,9H,2H2. The maximum Gasteiger partial charge on any atom is 0.155 e. The number of carbonyl (C=O) groups is 1. The van der Waals surface area contributed by atoms with E-state index in [1.165, 1.54) is 6.20 Å². The van der Waals surface area contributed by atoms with Gasteiger partial charge < -0.3 is 10.4 Å². The molecule has 0 atom stereocenters. The molecule has 3 heteroatoms. The van der Waals surface area contributed by atoms with E-state index >= 15 is 0 Å². The quantitative estimate of drug-likeness (QED) is 0.489. The van der Waals surface area contributed by atoms with Crippen LogP contribution < -0.4 is 5.32 Å². The lowest BCUT2D eigenvalue weighted by Crippen LogP contribution is -2.13. The fourth-order valence-electron chi connectivity index (χ4n) is 0.611. The summed E-state index contributed by atoms with van der Waals surface area (Å²) in [4.78, 5) is 10.1. The number of allylic oxidation sites excluding steroid dienone is 1. The molecule has 2 N–H and O–H groups in total. The highest BCUT2D eigenvalue weighted by Crippen LogP contribution is 2.03.